The molecule has 0 unspecified atom stereocenters. The van der Waals surface area contributed by atoms with Gasteiger partial charge in [0.1, 0.15) is 0 Å². The van der Waals surface area contributed by atoms with Crippen molar-refractivity contribution in [3.63, 3.8) is 0 Å². The van der Waals surface area contributed by atoms with Crippen molar-refractivity contribution < 1.29 is 19.1 Å². The Hall–Kier alpha value is -4.20. The third kappa shape index (κ3) is 8.26. The summed E-state index contributed by atoms with van der Waals surface area (Å²) >= 11 is 0. The molecule has 0 aliphatic carbocycles. The van der Waals surface area contributed by atoms with E-state index in [-0.39, 0.29) is 11.9 Å². The topological polar surface area (TPSA) is 99.1 Å². The highest BCUT2D eigenvalue weighted by molar-refractivity contribution is 5.87. The summed E-state index contributed by atoms with van der Waals surface area (Å²) in [5.41, 5.74) is 6.79. The fraction of sp³-hybridized carbons (Fsp3) is 0.259. The van der Waals surface area contributed by atoms with Crippen molar-refractivity contribution in [3.05, 3.63) is 88.0 Å². The van der Waals surface area contributed by atoms with Gasteiger partial charge in [0.2, 0.25) is 0 Å². The summed E-state index contributed by atoms with van der Waals surface area (Å²) < 4.78 is 11.0. The predicted molar refractivity (Wildman–Crippen MR) is 137 cm³/mol. The second kappa shape index (κ2) is 13.5. The zero-order valence-electron chi connectivity index (χ0n) is 21.0. The van der Waals surface area contributed by atoms with Crippen LogP contribution in [0.5, 0.6) is 0 Å². The number of ether oxygens (including phenoxy) is 2. The Bertz CT molecular complexity index is 1200. The second-order valence-corrected chi connectivity index (χ2v) is 7.64. The summed E-state index contributed by atoms with van der Waals surface area (Å²) in [6.07, 6.45) is 10.4. The summed E-state index contributed by atoms with van der Waals surface area (Å²) in [6, 6.07) is 10.1. The molecule has 1 aromatic carbocycles. The van der Waals surface area contributed by atoms with Gasteiger partial charge in [-0.3, -0.25) is 9.78 Å². The Morgan fingerprint density at radius 2 is 1.49 bits per heavy atom. The number of benzene rings is 1. The van der Waals surface area contributed by atoms with Crippen molar-refractivity contribution in [1.82, 2.24) is 20.0 Å². The lowest BCUT2D eigenvalue weighted by Gasteiger charge is -2.00. The Kier molecular flexibility index (Phi) is 10.4. The van der Waals surface area contributed by atoms with E-state index in [4.69, 9.17) is 0 Å². The molecule has 0 fully saturated rings. The Labute approximate surface area is 206 Å². The minimum absolute atomic E-state index is 0.361. The smallest absolute Gasteiger partial charge is 0.330 e. The molecule has 0 aliphatic heterocycles. The molecule has 8 heteroatoms. The van der Waals surface area contributed by atoms with Gasteiger partial charge in [-0.25, -0.2) is 9.59 Å². The molecule has 1 N–H and O–H groups in total. The lowest BCUT2D eigenvalue weighted by atomic mass is 10.2. The summed E-state index contributed by atoms with van der Waals surface area (Å²) in [7, 11) is 2.71. The molecule has 0 saturated carbocycles. The van der Waals surface area contributed by atoms with Gasteiger partial charge in [0, 0.05) is 34.7 Å². The standard InChI is InChI=1S/C18H20N2O2.C9H12N2O2/c1-14-17(11-12-18(21)22-3)15(2)20(19-14)13-7-10-16-8-5-4-6-9-16;1-6-8(7(2)11-10-6)4-5-9(12)13-3/h4-12H,13H2,1-3H3;4-5H,1-3H3,(H,10,11)/b10-7?,12-11+;5-4+. The molecule has 3 aromatic rings. The van der Waals surface area contributed by atoms with Crippen LogP contribution in [0, 0.1) is 27.7 Å². The largest absolute Gasteiger partial charge is 0.466 e. The minimum atomic E-state index is -0.365. The van der Waals surface area contributed by atoms with Crippen LogP contribution < -0.4 is 0 Å². The Morgan fingerprint density at radius 3 is 2.03 bits per heavy atom. The number of rotatable bonds is 7. The number of aromatic amines is 1. The quantitative estimate of drug-likeness (QED) is 0.395. The third-order valence-corrected chi connectivity index (χ3v) is 5.19. The molecule has 0 spiro atoms. The first-order valence-electron chi connectivity index (χ1n) is 11.1. The van der Waals surface area contributed by atoms with Crippen molar-refractivity contribution >= 4 is 30.2 Å². The Balaban J connectivity index is 0.000000283. The first kappa shape index (κ1) is 27.0. The minimum Gasteiger partial charge on any atom is -0.466 e. The monoisotopic (exact) mass is 476 g/mol. The highest BCUT2D eigenvalue weighted by atomic mass is 16.5. The van der Waals surface area contributed by atoms with Gasteiger partial charge in [0.15, 0.2) is 0 Å². The number of allylic oxidation sites excluding steroid dienone is 1. The number of aromatic nitrogens is 4. The average molecular weight is 477 g/mol. The summed E-state index contributed by atoms with van der Waals surface area (Å²) in [5, 5.41) is 11.3. The van der Waals surface area contributed by atoms with Gasteiger partial charge in [-0.15, -0.1) is 0 Å². The number of esters is 2. The van der Waals surface area contributed by atoms with Gasteiger partial charge in [0.05, 0.1) is 32.2 Å². The lowest BCUT2D eigenvalue weighted by Crippen LogP contribution is -2.00. The fourth-order valence-corrected chi connectivity index (χ4v) is 3.23. The highest BCUT2D eigenvalue weighted by Crippen LogP contribution is 2.15. The number of carbonyl (C=O) groups excluding carboxylic acids is 2. The van der Waals surface area contributed by atoms with E-state index in [1.807, 2.05) is 50.6 Å². The van der Waals surface area contributed by atoms with Crippen LogP contribution in [-0.4, -0.2) is 46.1 Å². The van der Waals surface area contributed by atoms with Gasteiger partial charge in [-0.1, -0.05) is 42.5 Å². The van der Waals surface area contributed by atoms with Gasteiger partial charge in [0.25, 0.3) is 0 Å². The van der Waals surface area contributed by atoms with E-state index in [0.29, 0.717) is 6.54 Å². The van der Waals surface area contributed by atoms with E-state index in [1.165, 1.54) is 26.4 Å². The number of nitrogens with zero attached hydrogens (tertiary/aromatic N) is 3. The van der Waals surface area contributed by atoms with E-state index in [0.717, 1.165) is 39.5 Å². The van der Waals surface area contributed by atoms with Crippen LogP contribution in [-0.2, 0) is 25.6 Å². The first-order chi connectivity index (χ1) is 16.8. The molecule has 2 heterocycles. The van der Waals surface area contributed by atoms with Gasteiger partial charge >= 0.3 is 11.9 Å². The van der Waals surface area contributed by atoms with Crippen LogP contribution in [0.3, 0.4) is 0 Å². The van der Waals surface area contributed by atoms with Crippen LogP contribution in [0.15, 0.2) is 48.6 Å². The number of hydrogen-bond acceptors (Lipinski definition) is 6. The van der Waals surface area contributed by atoms with Crippen molar-refractivity contribution in [3.8, 4) is 0 Å². The highest BCUT2D eigenvalue weighted by Gasteiger charge is 2.08. The van der Waals surface area contributed by atoms with E-state index >= 15 is 0 Å². The summed E-state index contributed by atoms with van der Waals surface area (Å²) in [6.45, 7) is 8.39. The summed E-state index contributed by atoms with van der Waals surface area (Å²) in [5.74, 6) is -0.726. The predicted octanol–water partition coefficient (Wildman–Crippen LogP) is 4.61. The molecule has 8 nitrogen and oxygen atoms in total. The maximum atomic E-state index is 11.2. The number of nitrogens with one attached hydrogen (secondary N) is 1. The fourth-order valence-electron chi connectivity index (χ4n) is 3.23. The van der Waals surface area contributed by atoms with E-state index in [9.17, 15) is 9.59 Å². The molecule has 0 atom stereocenters. The lowest BCUT2D eigenvalue weighted by molar-refractivity contribution is -0.135. The molecule has 0 radical (unpaired) electrons. The van der Waals surface area contributed by atoms with E-state index in [2.05, 4.69) is 49.1 Å². The van der Waals surface area contributed by atoms with E-state index in [1.54, 1.807) is 12.2 Å². The molecular weight excluding hydrogens is 444 g/mol. The Morgan fingerprint density at radius 1 is 0.886 bits per heavy atom. The van der Waals surface area contributed by atoms with Crippen molar-refractivity contribution in [2.75, 3.05) is 14.2 Å². The molecule has 184 valence electrons. The first-order valence-corrected chi connectivity index (χ1v) is 11.1. The number of hydrogen-bond donors (Lipinski definition) is 1. The number of aryl methyl sites for hydroxylation is 3. The average Bonchev–Trinajstić information content (AvgIpc) is 3.33. The van der Waals surface area contributed by atoms with Gasteiger partial charge in [-0.05, 0) is 45.4 Å². The van der Waals surface area contributed by atoms with Crippen LogP contribution in [0.1, 0.15) is 39.5 Å². The van der Waals surface area contributed by atoms with Crippen LogP contribution in [0.4, 0.5) is 0 Å². The molecule has 0 amide bonds. The molecule has 3 rings (SSSR count). The van der Waals surface area contributed by atoms with Crippen molar-refractivity contribution in [2.24, 2.45) is 0 Å². The normalized spacial score (nSPS) is 11.1. The third-order valence-electron chi connectivity index (χ3n) is 5.19. The molecule has 2 aromatic heterocycles. The van der Waals surface area contributed by atoms with Crippen molar-refractivity contribution in [1.29, 1.82) is 0 Å². The molecule has 0 aliphatic rings. The zero-order chi connectivity index (χ0) is 25.8. The number of carbonyl (C=O) groups is 2. The molecule has 0 saturated heterocycles. The van der Waals surface area contributed by atoms with Crippen molar-refractivity contribution in [2.45, 2.75) is 34.2 Å². The molecule has 35 heavy (non-hydrogen) atoms. The summed E-state index contributed by atoms with van der Waals surface area (Å²) in [4.78, 5) is 22.0. The van der Waals surface area contributed by atoms with Gasteiger partial charge < -0.3 is 9.47 Å². The van der Waals surface area contributed by atoms with Crippen LogP contribution >= 0.6 is 0 Å². The maximum absolute atomic E-state index is 11.2. The molecular formula is C27H32N4O4. The van der Waals surface area contributed by atoms with Crippen LogP contribution in [0.25, 0.3) is 18.2 Å². The number of H-pyrrole nitrogens is 1. The second-order valence-electron chi connectivity index (χ2n) is 7.64. The molecule has 0 bridgehead atoms. The SMILES string of the molecule is COC(=O)/C=C/c1c(C)n[nH]c1C.COC(=O)/C=C/c1c(C)nn(CC=Cc2ccccc2)c1C. The maximum Gasteiger partial charge on any atom is 0.330 e. The van der Waals surface area contributed by atoms with E-state index < -0.39 is 0 Å². The van der Waals surface area contributed by atoms with Gasteiger partial charge in [-0.2, -0.15) is 10.2 Å². The zero-order valence-corrected chi connectivity index (χ0v) is 21.0. The number of methoxy groups -OCH3 is 2. The van der Waals surface area contributed by atoms with Crippen LogP contribution in [0.2, 0.25) is 0 Å².